The molecule has 2 N–H and O–H groups in total. The van der Waals surface area contributed by atoms with Crippen LogP contribution in [0.15, 0.2) is 18.2 Å². The smallest absolute Gasteiger partial charge is 0.339 e. The van der Waals surface area contributed by atoms with Gasteiger partial charge >= 0.3 is 6.18 Å². The minimum Gasteiger partial charge on any atom is -0.339 e. The molecule has 1 aliphatic rings. The van der Waals surface area contributed by atoms with E-state index < -0.39 is 17.6 Å². The molecule has 1 aromatic carbocycles. The summed E-state index contributed by atoms with van der Waals surface area (Å²) in [4.78, 5) is 13.7. The van der Waals surface area contributed by atoms with Crippen LogP contribution in [0.3, 0.4) is 0 Å². The van der Waals surface area contributed by atoms with E-state index in [-0.39, 0.29) is 24.0 Å². The first-order chi connectivity index (χ1) is 9.29. The van der Waals surface area contributed by atoms with Gasteiger partial charge in [-0.1, -0.05) is 0 Å². The van der Waals surface area contributed by atoms with E-state index in [4.69, 9.17) is 5.73 Å². The van der Waals surface area contributed by atoms with Gasteiger partial charge in [0.25, 0.3) is 5.91 Å². The predicted molar refractivity (Wildman–Crippen MR) is 84.5 cm³/mol. The first-order valence-corrected chi connectivity index (χ1v) is 7.28. The molecule has 0 unspecified atom stereocenters. The number of hydrogen-bond acceptors (Lipinski definition) is 2. The summed E-state index contributed by atoms with van der Waals surface area (Å²) < 4.78 is 39.5. The summed E-state index contributed by atoms with van der Waals surface area (Å²) in [6.07, 6.45) is -3.28. The number of carbonyl (C=O) groups excluding carboxylic acids is 1. The van der Waals surface area contributed by atoms with Crippen LogP contribution >= 0.6 is 35.0 Å². The molecule has 1 fully saturated rings. The van der Waals surface area contributed by atoms with E-state index in [9.17, 15) is 18.0 Å². The van der Waals surface area contributed by atoms with Crippen molar-refractivity contribution in [2.45, 2.75) is 25.1 Å². The van der Waals surface area contributed by atoms with Crippen LogP contribution in [0.5, 0.6) is 0 Å². The van der Waals surface area contributed by atoms with Crippen LogP contribution in [0, 0.1) is 3.57 Å². The lowest BCUT2D eigenvalue weighted by Crippen LogP contribution is -2.43. The van der Waals surface area contributed by atoms with Gasteiger partial charge in [-0.05, 0) is 53.6 Å². The Bertz CT molecular complexity index is 517. The van der Waals surface area contributed by atoms with Gasteiger partial charge in [0.1, 0.15) is 0 Å². The molecule has 0 aliphatic carbocycles. The van der Waals surface area contributed by atoms with Crippen molar-refractivity contribution >= 4 is 40.9 Å². The molecule has 0 aromatic heterocycles. The van der Waals surface area contributed by atoms with Crippen molar-refractivity contribution < 1.29 is 18.0 Å². The van der Waals surface area contributed by atoms with E-state index in [1.807, 2.05) is 0 Å². The lowest BCUT2D eigenvalue weighted by atomic mass is 10.0. The van der Waals surface area contributed by atoms with Crippen molar-refractivity contribution in [3.63, 3.8) is 0 Å². The van der Waals surface area contributed by atoms with Crippen molar-refractivity contribution in [2.75, 3.05) is 13.1 Å². The molecular weight excluding hydrogens is 420 g/mol. The van der Waals surface area contributed by atoms with Crippen LogP contribution in [0.4, 0.5) is 13.2 Å². The zero-order valence-electron chi connectivity index (χ0n) is 11.0. The van der Waals surface area contributed by atoms with Crippen LogP contribution < -0.4 is 5.73 Å². The third-order valence-corrected chi connectivity index (χ3v) is 4.02. The quantitative estimate of drug-likeness (QED) is 0.690. The molecule has 0 saturated carbocycles. The van der Waals surface area contributed by atoms with E-state index in [1.54, 1.807) is 22.6 Å². The maximum atomic E-state index is 13.0. The molecule has 1 amide bonds. The zero-order valence-corrected chi connectivity index (χ0v) is 14.0. The molecule has 1 heterocycles. The second kappa shape index (κ2) is 7.15. The average molecular weight is 435 g/mol. The minimum atomic E-state index is -4.53. The molecule has 0 bridgehead atoms. The minimum absolute atomic E-state index is 0. The highest BCUT2D eigenvalue weighted by molar-refractivity contribution is 14.1. The molecule has 1 aliphatic heterocycles. The fourth-order valence-corrected chi connectivity index (χ4v) is 2.70. The number of carbonyl (C=O) groups is 1. The van der Waals surface area contributed by atoms with Crippen molar-refractivity contribution in [2.24, 2.45) is 5.73 Å². The third kappa shape index (κ3) is 4.46. The normalized spacial score (nSPS) is 16.5. The van der Waals surface area contributed by atoms with Crippen LogP contribution in [-0.4, -0.2) is 29.9 Å². The molecule has 0 atom stereocenters. The number of halogens is 5. The molecule has 3 nitrogen and oxygen atoms in total. The zero-order chi connectivity index (χ0) is 14.9. The van der Waals surface area contributed by atoms with Crippen molar-refractivity contribution in [3.05, 3.63) is 32.9 Å². The number of likely N-dealkylation sites (tertiary alicyclic amines) is 1. The van der Waals surface area contributed by atoms with Crippen LogP contribution in [0.25, 0.3) is 0 Å². The molecule has 1 aromatic rings. The summed E-state index contributed by atoms with van der Waals surface area (Å²) in [5.74, 6) is -0.569. The number of benzene rings is 1. The maximum Gasteiger partial charge on any atom is 0.417 e. The molecule has 1 saturated heterocycles. The number of nitrogens with two attached hydrogens (primary N) is 1. The molecule has 0 spiro atoms. The topological polar surface area (TPSA) is 46.3 Å². The fraction of sp³-hybridized carbons (Fsp3) is 0.462. The van der Waals surface area contributed by atoms with Gasteiger partial charge in [-0.25, -0.2) is 0 Å². The Balaban J connectivity index is 0.00000220. The van der Waals surface area contributed by atoms with E-state index >= 15 is 0 Å². The fourth-order valence-electron chi connectivity index (χ4n) is 2.21. The van der Waals surface area contributed by atoms with Gasteiger partial charge in [0.2, 0.25) is 0 Å². The average Bonchev–Trinajstić information content (AvgIpc) is 2.38. The second-order valence-corrected chi connectivity index (χ2v) is 6.06. The van der Waals surface area contributed by atoms with Gasteiger partial charge in [0.15, 0.2) is 0 Å². The number of hydrogen-bond donors (Lipinski definition) is 1. The molecule has 21 heavy (non-hydrogen) atoms. The Hall–Kier alpha value is -0.540. The highest BCUT2D eigenvalue weighted by Crippen LogP contribution is 2.33. The van der Waals surface area contributed by atoms with E-state index in [1.165, 1.54) is 17.0 Å². The maximum absolute atomic E-state index is 13.0. The SMILES string of the molecule is Cl.NC1CCN(C(=O)c2ccc(I)cc2C(F)(F)F)CC1. The summed E-state index contributed by atoms with van der Waals surface area (Å²) in [5, 5.41) is 0. The third-order valence-electron chi connectivity index (χ3n) is 3.34. The largest absolute Gasteiger partial charge is 0.417 e. The summed E-state index contributed by atoms with van der Waals surface area (Å²) in [6, 6.07) is 3.79. The molecule has 2 rings (SSSR count). The van der Waals surface area contributed by atoms with Crippen LogP contribution in [0.2, 0.25) is 0 Å². The van der Waals surface area contributed by atoms with Gasteiger partial charge < -0.3 is 10.6 Å². The number of nitrogens with zero attached hydrogens (tertiary/aromatic N) is 1. The molecule has 118 valence electrons. The Morgan fingerprint density at radius 1 is 1.29 bits per heavy atom. The summed E-state index contributed by atoms with van der Waals surface area (Å²) in [5.41, 5.74) is 4.58. The first kappa shape index (κ1) is 18.5. The lowest BCUT2D eigenvalue weighted by molar-refractivity contribution is -0.138. The number of piperidine rings is 1. The number of alkyl halides is 3. The highest BCUT2D eigenvalue weighted by atomic mass is 127. The molecular formula is C13H15ClF3IN2O. The summed E-state index contributed by atoms with van der Waals surface area (Å²) in [7, 11) is 0. The van der Waals surface area contributed by atoms with Gasteiger partial charge in [-0.2, -0.15) is 13.2 Å². The van der Waals surface area contributed by atoms with E-state index in [0.29, 0.717) is 29.5 Å². The van der Waals surface area contributed by atoms with Crippen molar-refractivity contribution in [1.82, 2.24) is 4.90 Å². The first-order valence-electron chi connectivity index (χ1n) is 6.20. The van der Waals surface area contributed by atoms with Gasteiger partial charge in [-0.15, -0.1) is 12.4 Å². The monoisotopic (exact) mass is 434 g/mol. The number of amides is 1. The van der Waals surface area contributed by atoms with E-state index in [2.05, 4.69) is 0 Å². The van der Waals surface area contributed by atoms with Gasteiger partial charge in [-0.3, -0.25) is 4.79 Å². The molecule has 0 radical (unpaired) electrons. The second-order valence-electron chi connectivity index (χ2n) is 4.82. The Morgan fingerprint density at radius 3 is 2.38 bits per heavy atom. The Labute approximate surface area is 140 Å². The van der Waals surface area contributed by atoms with E-state index in [0.717, 1.165) is 6.07 Å². The highest BCUT2D eigenvalue weighted by Gasteiger charge is 2.36. The van der Waals surface area contributed by atoms with Crippen LogP contribution in [0.1, 0.15) is 28.8 Å². The summed E-state index contributed by atoms with van der Waals surface area (Å²) >= 11 is 1.80. The molecule has 8 heteroatoms. The summed E-state index contributed by atoms with van der Waals surface area (Å²) in [6.45, 7) is 0.812. The van der Waals surface area contributed by atoms with Crippen molar-refractivity contribution in [3.8, 4) is 0 Å². The van der Waals surface area contributed by atoms with Gasteiger partial charge in [0, 0.05) is 22.7 Å². The lowest BCUT2D eigenvalue weighted by Gasteiger charge is -2.31. The Kier molecular flexibility index (Phi) is 6.30. The predicted octanol–water partition coefficient (Wildman–Crippen LogP) is 3.30. The van der Waals surface area contributed by atoms with Crippen molar-refractivity contribution in [1.29, 1.82) is 0 Å². The van der Waals surface area contributed by atoms with Gasteiger partial charge in [0.05, 0.1) is 11.1 Å². The Morgan fingerprint density at radius 2 is 1.86 bits per heavy atom. The standard InChI is InChI=1S/C13H14F3IN2O.ClH/c14-13(15,16)11-7-8(17)1-2-10(11)12(20)19-5-3-9(18)4-6-19;/h1-2,7,9H,3-6,18H2;1H. The number of rotatable bonds is 1. The van der Waals surface area contributed by atoms with Crippen LogP contribution in [-0.2, 0) is 6.18 Å².